The Balaban J connectivity index is 3.24. The molecule has 1 rings (SSSR count). The molecular formula is C12H15BrF3N. The molecule has 0 aliphatic carbocycles. The molecule has 1 nitrogen and oxygen atoms in total. The second-order valence-corrected chi connectivity index (χ2v) is 6.03. The first-order chi connectivity index (χ1) is 7.51. The average Bonchev–Trinajstić information content (AvgIpc) is 2.12. The van der Waals surface area contributed by atoms with Gasteiger partial charge in [-0.05, 0) is 29.2 Å². The molecular weight excluding hydrogens is 295 g/mol. The van der Waals surface area contributed by atoms with Crippen LogP contribution in [0.15, 0.2) is 22.7 Å². The van der Waals surface area contributed by atoms with E-state index >= 15 is 0 Å². The minimum absolute atomic E-state index is 0.288. The van der Waals surface area contributed by atoms with Crippen molar-refractivity contribution < 1.29 is 13.2 Å². The van der Waals surface area contributed by atoms with Crippen molar-refractivity contribution in [2.75, 3.05) is 0 Å². The molecule has 0 saturated carbocycles. The first kappa shape index (κ1) is 14.5. The Kier molecular flexibility index (Phi) is 3.94. The molecule has 0 heterocycles. The van der Waals surface area contributed by atoms with E-state index < -0.39 is 17.8 Å². The van der Waals surface area contributed by atoms with Gasteiger partial charge < -0.3 is 5.73 Å². The van der Waals surface area contributed by atoms with Gasteiger partial charge >= 0.3 is 6.18 Å². The Labute approximate surface area is 107 Å². The third-order valence-corrected chi connectivity index (χ3v) is 3.00. The van der Waals surface area contributed by atoms with Gasteiger partial charge in [0.15, 0.2) is 0 Å². The molecule has 1 aromatic carbocycles. The normalized spacial score (nSPS) is 14.8. The molecule has 2 N–H and O–H groups in total. The summed E-state index contributed by atoms with van der Waals surface area (Å²) in [5.74, 6) is 0. The maximum Gasteiger partial charge on any atom is 0.416 e. The van der Waals surface area contributed by atoms with Gasteiger partial charge in [0.05, 0.1) is 5.56 Å². The lowest BCUT2D eigenvalue weighted by Gasteiger charge is -2.28. The summed E-state index contributed by atoms with van der Waals surface area (Å²) in [5, 5.41) is 0. The lowest BCUT2D eigenvalue weighted by atomic mass is 9.83. The predicted octanol–water partition coefficient (Wildman–Crippen LogP) is 4.51. The number of hydrogen-bond acceptors (Lipinski definition) is 1. The summed E-state index contributed by atoms with van der Waals surface area (Å²) in [6.45, 7) is 5.68. The van der Waals surface area contributed by atoms with Crippen LogP contribution in [0.5, 0.6) is 0 Å². The third kappa shape index (κ3) is 3.71. The highest BCUT2D eigenvalue weighted by Crippen LogP contribution is 2.36. The topological polar surface area (TPSA) is 26.0 Å². The van der Waals surface area contributed by atoms with E-state index in [0.29, 0.717) is 10.0 Å². The van der Waals surface area contributed by atoms with E-state index in [0.717, 1.165) is 12.1 Å². The number of nitrogens with two attached hydrogens (primary N) is 1. The van der Waals surface area contributed by atoms with E-state index in [2.05, 4.69) is 15.9 Å². The zero-order chi connectivity index (χ0) is 13.4. The van der Waals surface area contributed by atoms with Crippen LogP contribution in [0.1, 0.15) is 37.9 Å². The van der Waals surface area contributed by atoms with Crippen molar-refractivity contribution in [1.29, 1.82) is 0 Å². The van der Waals surface area contributed by atoms with E-state index in [9.17, 15) is 13.2 Å². The number of benzene rings is 1. The fraction of sp³-hybridized carbons (Fsp3) is 0.500. The van der Waals surface area contributed by atoms with Crippen LogP contribution in [-0.2, 0) is 6.18 Å². The van der Waals surface area contributed by atoms with Crippen molar-refractivity contribution in [1.82, 2.24) is 0 Å². The summed E-state index contributed by atoms with van der Waals surface area (Å²) in [6.07, 6.45) is -4.35. The van der Waals surface area contributed by atoms with Gasteiger partial charge in [-0.1, -0.05) is 36.7 Å². The maximum absolute atomic E-state index is 12.6. The summed E-state index contributed by atoms with van der Waals surface area (Å²) < 4.78 is 38.3. The molecule has 0 amide bonds. The number of hydrogen-bond donors (Lipinski definition) is 1. The molecule has 0 aromatic heterocycles. The van der Waals surface area contributed by atoms with E-state index in [1.54, 1.807) is 6.07 Å². The van der Waals surface area contributed by atoms with Crippen LogP contribution in [0.2, 0.25) is 0 Å². The van der Waals surface area contributed by atoms with E-state index in [1.807, 2.05) is 20.8 Å². The molecule has 1 aromatic rings. The van der Waals surface area contributed by atoms with Gasteiger partial charge in [-0.3, -0.25) is 0 Å². The molecule has 0 unspecified atom stereocenters. The quantitative estimate of drug-likeness (QED) is 0.811. The summed E-state index contributed by atoms with van der Waals surface area (Å²) >= 11 is 3.08. The fourth-order valence-electron chi connectivity index (χ4n) is 1.46. The SMILES string of the molecule is CC(C)(C)[C@H](N)c1cc(Br)cc(C(F)(F)F)c1. The Morgan fingerprint density at radius 2 is 1.65 bits per heavy atom. The van der Waals surface area contributed by atoms with Gasteiger partial charge in [-0.25, -0.2) is 0 Å². The zero-order valence-corrected chi connectivity index (χ0v) is 11.5. The molecule has 0 fully saturated rings. The molecule has 0 aliphatic rings. The molecule has 96 valence electrons. The monoisotopic (exact) mass is 309 g/mol. The number of alkyl halides is 3. The Morgan fingerprint density at radius 3 is 2.06 bits per heavy atom. The molecule has 0 bridgehead atoms. The summed E-state index contributed by atoms with van der Waals surface area (Å²) in [5.41, 5.74) is 5.48. The highest BCUT2D eigenvalue weighted by molar-refractivity contribution is 9.10. The van der Waals surface area contributed by atoms with Crippen LogP contribution >= 0.6 is 15.9 Å². The van der Waals surface area contributed by atoms with E-state index in [1.165, 1.54) is 0 Å². The minimum atomic E-state index is -4.35. The van der Waals surface area contributed by atoms with Crippen molar-refractivity contribution in [3.8, 4) is 0 Å². The first-order valence-electron chi connectivity index (χ1n) is 5.15. The van der Waals surface area contributed by atoms with Crippen LogP contribution in [-0.4, -0.2) is 0 Å². The second-order valence-electron chi connectivity index (χ2n) is 5.11. The summed E-state index contributed by atoms with van der Waals surface area (Å²) in [7, 11) is 0. The van der Waals surface area contributed by atoms with Crippen LogP contribution in [0.25, 0.3) is 0 Å². The first-order valence-corrected chi connectivity index (χ1v) is 5.94. The molecule has 17 heavy (non-hydrogen) atoms. The third-order valence-electron chi connectivity index (χ3n) is 2.54. The van der Waals surface area contributed by atoms with Gasteiger partial charge in [-0.2, -0.15) is 13.2 Å². The van der Waals surface area contributed by atoms with Gasteiger partial charge in [0, 0.05) is 10.5 Å². The molecule has 0 spiro atoms. The predicted molar refractivity (Wildman–Crippen MR) is 65.5 cm³/mol. The van der Waals surface area contributed by atoms with Gasteiger partial charge in [0.1, 0.15) is 0 Å². The smallest absolute Gasteiger partial charge is 0.324 e. The van der Waals surface area contributed by atoms with Crippen LogP contribution in [0.3, 0.4) is 0 Å². The Morgan fingerprint density at radius 1 is 1.12 bits per heavy atom. The highest BCUT2D eigenvalue weighted by atomic mass is 79.9. The van der Waals surface area contributed by atoms with Gasteiger partial charge in [0.2, 0.25) is 0 Å². The van der Waals surface area contributed by atoms with Gasteiger partial charge in [0.25, 0.3) is 0 Å². The molecule has 0 aliphatic heterocycles. The highest BCUT2D eigenvalue weighted by Gasteiger charge is 2.32. The zero-order valence-electron chi connectivity index (χ0n) is 9.90. The molecule has 0 saturated heterocycles. The molecule has 0 radical (unpaired) electrons. The largest absolute Gasteiger partial charge is 0.416 e. The fourth-order valence-corrected chi connectivity index (χ4v) is 1.97. The second kappa shape index (κ2) is 4.61. The maximum atomic E-state index is 12.6. The van der Waals surface area contributed by atoms with E-state index in [4.69, 9.17) is 5.73 Å². The molecule has 1 atom stereocenters. The van der Waals surface area contributed by atoms with Crippen LogP contribution < -0.4 is 5.73 Å². The average molecular weight is 310 g/mol. The van der Waals surface area contributed by atoms with Crippen LogP contribution in [0, 0.1) is 5.41 Å². The summed E-state index contributed by atoms with van der Waals surface area (Å²) in [4.78, 5) is 0. The van der Waals surface area contributed by atoms with Crippen molar-refractivity contribution in [3.05, 3.63) is 33.8 Å². The van der Waals surface area contributed by atoms with Crippen LogP contribution in [0.4, 0.5) is 13.2 Å². The Hall–Kier alpha value is -0.550. The van der Waals surface area contributed by atoms with Crippen molar-refractivity contribution in [3.63, 3.8) is 0 Å². The van der Waals surface area contributed by atoms with E-state index in [-0.39, 0.29) is 5.41 Å². The lowest BCUT2D eigenvalue weighted by Crippen LogP contribution is -2.26. The number of rotatable bonds is 1. The number of halogens is 4. The van der Waals surface area contributed by atoms with Crippen molar-refractivity contribution in [2.45, 2.75) is 33.0 Å². The summed E-state index contributed by atoms with van der Waals surface area (Å²) in [6, 6.07) is 3.35. The minimum Gasteiger partial charge on any atom is -0.324 e. The standard InChI is InChI=1S/C12H15BrF3N/c1-11(2,3)10(17)7-4-8(12(14,15)16)6-9(13)5-7/h4-6,10H,17H2,1-3H3/t10-/m1/s1. The van der Waals surface area contributed by atoms with Gasteiger partial charge in [-0.15, -0.1) is 0 Å². The van der Waals surface area contributed by atoms with Crippen molar-refractivity contribution in [2.24, 2.45) is 11.1 Å². The van der Waals surface area contributed by atoms with Crippen molar-refractivity contribution >= 4 is 15.9 Å². The Bertz CT molecular complexity index is 407. The lowest BCUT2D eigenvalue weighted by molar-refractivity contribution is -0.137. The molecule has 5 heteroatoms.